The predicted molar refractivity (Wildman–Crippen MR) is 123 cm³/mol. The van der Waals surface area contributed by atoms with E-state index in [1.54, 1.807) is 24.3 Å². The maximum atomic E-state index is 12.1. The minimum absolute atomic E-state index is 0.260. The highest BCUT2D eigenvalue weighted by molar-refractivity contribution is 5.93. The van der Waals surface area contributed by atoms with Crippen LogP contribution in [-0.4, -0.2) is 50.2 Å². The number of hydrogen-bond acceptors (Lipinski definition) is 4. The van der Waals surface area contributed by atoms with Crippen LogP contribution in [0.2, 0.25) is 0 Å². The highest BCUT2D eigenvalue weighted by atomic mass is 16.5. The van der Waals surface area contributed by atoms with Crippen LogP contribution in [0.5, 0.6) is 0 Å². The summed E-state index contributed by atoms with van der Waals surface area (Å²) in [5, 5.41) is 5.64. The Balaban J connectivity index is 1.26. The molecule has 0 saturated carbocycles. The number of hydrogen-bond donors (Lipinski definition) is 2. The van der Waals surface area contributed by atoms with Gasteiger partial charge in [-0.3, -0.25) is 0 Å². The summed E-state index contributed by atoms with van der Waals surface area (Å²) in [6, 6.07) is 17.2. The zero-order valence-corrected chi connectivity index (χ0v) is 18.3. The fourth-order valence-electron chi connectivity index (χ4n) is 4.04. The van der Waals surface area contributed by atoms with Gasteiger partial charge in [0.2, 0.25) is 0 Å². The van der Waals surface area contributed by atoms with Crippen LogP contribution in [0.4, 0.5) is 10.5 Å². The van der Waals surface area contributed by atoms with E-state index < -0.39 is 5.97 Å². The maximum absolute atomic E-state index is 12.1. The van der Waals surface area contributed by atoms with Crippen LogP contribution < -0.4 is 10.6 Å². The van der Waals surface area contributed by atoms with Gasteiger partial charge in [-0.15, -0.1) is 0 Å². The van der Waals surface area contributed by atoms with Gasteiger partial charge in [0.15, 0.2) is 0 Å². The molecule has 1 saturated heterocycles. The molecule has 0 atom stereocenters. The van der Waals surface area contributed by atoms with Gasteiger partial charge in [-0.2, -0.15) is 0 Å². The number of urea groups is 1. The third kappa shape index (κ3) is 7.72. The van der Waals surface area contributed by atoms with E-state index in [1.165, 1.54) is 45.0 Å². The van der Waals surface area contributed by atoms with Gasteiger partial charge in [0.25, 0.3) is 0 Å². The Kier molecular flexibility index (Phi) is 8.91. The summed E-state index contributed by atoms with van der Waals surface area (Å²) in [7, 11) is 1.34. The third-order valence-corrected chi connectivity index (χ3v) is 5.80. The van der Waals surface area contributed by atoms with Gasteiger partial charge in [0.1, 0.15) is 0 Å². The first kappa shape index (κ1) is 22.8. The zero-order chi connectivity index (χ0) is 21.9. The van der Waals surface area contributed by atoms with Crippen molar-refractivity contribution in [3.8, 4) is 0 Å². The summed E-state index contributed by atoms with van der Waals surface area (Å²) >= 11 is 0. The quantitative estimate of drug-likeness (QED) is 0.465. The lowest BCUT2D eigenvalue weighted by molar-refractivity contribution is 0.0600. The number of carbonyl (C=O) groups is 2. The molecule has 1 aliphatic rings. The van der Waals surface area contributed by atoms with Crippen molar-refractivity contribution in [3.63, 3.8) is 0 Å². The Morgan fingerprint density at radius 2 is 1.81 bits per heavy atom. The number of methoxy groups -OCH3 is 1. The molecule has 0 unspecified atom stereocenters. The molecule has 1 aliphatic heterocycles. The van der Waals surface area contributed by atoms with E-state index in [1.807, 2.05) is 0 Å². The molecular formula is C25H33N3O3. The Bertz CT molecular complexity index is 833. The molecular weight excluding hydrogens is 390 g/mol. The average Bonchev–Trinajstić information content (AvgIpc) is 2.80. The molecule has 3 rings (SSSR count). The number of piperidine rings is 1. The highest BCUT2D eigenvalue weighted by Gasteiger charge is 2.19. The Labute approximate surface area is 185 Å². The molecule has 2 aromatic carbocycles. The van der Waals surface area contributed by atoms with Gasteiger partial charge in [-0.1, -0.05) is 36.4 Å². The first-order chi connectivity index (χ1) is 15.1. The molecule has 31 heavy (non-hydrogen) atoms. The summed E-state index contributed by atoms with van der Waals surface area (Å²) in [4.78, 5) is 26.2. The Morgan fingerprint density at radius 3 is 2.55 bits per heavy atom. The van der Waals surface area contributed by atoms with Gasteiger partial charge in [-0.05, 0) is 81.4 Å². The molecule has 6 nitrogen and oxygen atoms in total. The van der Waals surface area contributed by atoms with Gasteiger partial charge in [0.05, 0.1) is 12.7 Å². The van der Waals surface area contributed by atoms with E-state index >= 15 is 0 Å². The minimum atomic E-state index is -0.423. The normalized spacial score (nSPS) is 14.7. The number of carbonyl (C=O) groups excluding carboxylic acids is 2. The van der Waals surface area contributed by atoms with Crippen LogP contribution in [0, 0.1) is 5.92 Å². The number of rotatable bonds is 9. The van der Waals surface area contributed by atoms with Crippen LogP contribution in [0.25, 0.3) is 0 Å². The topological polar surface area (TPSA) is 70.7 Å². The van der Waals surface area contributed by atoms with Crippen molar-refractivity contribution in [2.24, 2.45) is 5.92 Å². The number of ether oxygens (including phenoxy) is 1. The van der Waals surface area contributed by atoms with Crippen LogP contribution in [-0.2, 0) is 11.2 Å². The molecule has 0 aromatic heterocycles. The van der Waals surface area contributed by atoms with E-state index in [2.05, 4.69) is 45.9 Å². The average molecular weight is 424 g/mol. The number of amides is 2. The molecule has 0 spiro atoms. The second-order valence-corrected chi connectivity index (χ2v) is 8.14. The number of nitrogens with one attached hydrogen (secondary N) is 2. The molecule has 166 valence electrons. The summed E-state index contributed by atoms with van der Waals surface area (Å²) in [6.07, 6.45) is 5.73. The first-order valence-electron chi connectivity index (χ1n) is 11.1. The number of unbranched alkanes of at least 4 members (excludes halogenated alkanes) is 1. The van der Waals surface area contributed by atoms with Gasteiger partial charge in [-0.25, -0.2) is 9.59 Å². The molecule has 2 aromatic rings. The fraction of sp³-hybridized carbons (Fsp3) is 0.440. The van der Waals surface area contributed by atoms with Crippen molar-refractivity contribution in [1.29, 1.82) is 0 Å². The van der Waals surface area contributed by atoms with E-state index in [9.17, 15) is 9.59 Å². The molecule has 1 heterocycles. The zero-order valence-electron chi connectivity index (χ0n) is 18.3. The standard InChI is InChI=1S/C25H33N3O3/c1-31-24(29)22-10-7-11-23(19-22)27-25(30)26-14-5-6-15-28-16-12-21(13-17-28)18-20-8-3-2-4-9-20/h2-4,7-11,19,21H,5-6,12-18H2,1H3,(H2,26,27,30). The third-order valence-electron chi connectivity index (χ3n) is 5.80. The molecule has 2 amide bonds. The molecule has 1 fully saturated rings. The largest absolute Gasteiger partial charge is 0.465 e. The van der Waals surface area contributed by atoms with Gasteiger partial charge < -0.3 is 20.3 Å². The molecule has 6 heteroatoms. The van der Waals surface area contributed by atoms with Crippen LogP contribution in [0.1, 0.15) is 41.6 Å². The van der Waals surface area contributed by atoms with E-state index in [4.69, 9.17) is 4.74 Å². The summed E-state index contributed by atoms with van der Waals surface area (Å²) < 4.78 is 4.70. The summed E-state index contributed by atoms with van der Waals surface area (Å²) in [5.74, 6) is 0.370. The van der Waals surface area contributed by atoms with Crippen LogP contribution in [0.3, 0.4) is 0 Å². The lowest BCUT2D eigenvalue weighted by Crippen LogP contribution is -2.35. The number of esters is 1. The lowest BCUT2D eigenvalue weighted by atomic mass is 9.90. The monoisotopic (exact) mass is 423 g/mol. The van der Waals surface area contributed by atoms with Crippen molar-refractivity contribution in [3.05, 3.63) is 65.7 Å². The van der Waals surface area contributed by atoms with Crippen molar-refractivity contribution < 1.29 is 14.3 Å². The van der Waals surface area contributed by atoms with Gasteiger partial charge in [0, 0.05) is 12.2 Å². The molecule has 0 radical (unpaired) electrons. The van der Waals surface area contributed by atoms with E-state index in [-0.39, 0.29) is 6.03 Å². The maximum Gasteiger partial charge on any atom is 0.337 e. The Hall–Kier alpha value is -2.86. The molecule has 0 aliphatic carbocycles. The molecule has 0 bridgehead atoms. The van der Waals surface area contributed by atoms with Gasteiger partial charge >= 0.3 is 12.0 Å². The van der Waals surface area contributed by atoms with E-state index in [0.717, 1.165) is 25.3 Å². The SMILES string of the molecule is COC(=O)c1cccc(NC(=O)NCCCCN2CCC(Cc3ccccc3)CC2)c1. The number of likely N-dealkylation sites (tertiary alicyclic amines) is 1. The molecule has 2 N–H and O–H groups in total. The highest BCUT2D eigenvalue weighted by Crippen LogP contribution is 2.21. The second kappa shape index (κ2) is 12.1. The number of anilines is 1. The van der Waals surface area contributed by atoms with Crippen molar-refractivity contribution in [2.75, 3.05) is 38.6 Å². The number of nitrogens with zero attached hydrogens (tertiary/aromatic N) is 1. The predicted octanol–water partition coefficient (Wildman–Crippen LogP) is 4.33. The summed E-state index contributed by atoms with van der Waals surface area (Å²) in [5.41, 5.74) is 2.42. The Morgan fingerprint density at radius 1 is 1.03 bits per heavy atom. The lowest BCUT2D eigenvalue weighted by Gasteiger charge is -2.32. The van der Waals surface area contributed by atoms with Crippen molar-refractivity contribution in [2.45, 2.75) is 32.1 Å². The second-order valence-electron chi connectivity index (χ2n) is 8.14. The minimum Gasteiger partial charge on any atom is -0.465 e. The fourth-order valence-corrected chi connectivity index (χ4v) is 4.04. The van der Waals surface area contributed by atoms with E-state index in [0.29, 0.717) is 17.8 Å². The van der Waals surface area contributed by atoms with Crippen LogP contribution in [0.15, 0.2) is 54.6 Å². The van der Waals surface area contributed by atoms with Crippen molar-refractivity contribution >= 4 is 17.7 Å². The van der Waals surface area contributed by atoms with Crippen molar-refractivity contribution in [1.82, 2.24) is 10.2 Å². The first-order valence-corrected chi connectivity index (χ1v) is 11.1. The number of benzene rings is 2. The van der Waals surface area contributed by atoms with Crippen LogP contribution >= 0.6 is 0 Å². The smallest absolute Gasteiger partial charge is 0.337 e. The summed E-state index contributed by atoms with van der Waals surface area (Å²) in [6.45, 7) is 4.05.